The Morgan fingerprint density at radius 3 is 2.35 bits per heavy atom. The smallest absolute Gasteiger partial charge is 0.410 e. The molecule has 0 aromatic heterocycles. The summed E-state index contributed by atoms with van der Waals surface area (Å²) >= 11 is 0. The number of ether oxygens (including phenoxy) is 1. The molecule has 0 spiro atoms. The van der Waals surface area contributed by atoms with E-state index in [1.54, 1.807) is 16.7 Å². The van der Waals surface area contributed by atoms with Gasteiger partial charge in [0.05, 0.1) is 12.1 Å². The van der Waals surface area contributed by atoms with E-state index in [0.29, 0.717) is 13.1 Å². The van der Waals surface area contributed by atoms with Gasteiger partial charge in [-0.2, -0.15) is 0 Å². The zero-order valence-corrected chi connectivity index (χ0v) is 15.5. The van der Waals surface area contributed by atoms with Gasteiger partial charge in [0.15, 0.2) is 0 Å². The number of hydrogen-bond acceptors (Lipinski definition) is 4. The van der Waals surface area contributed by atoms with Crippen LogP contribution < -0.4 is 5.73 Å². The van der Waals surface area contributed by atoms with E-state index in [1.165, 1.54) is 0 Å². The molecular formula is C17H33N3O3. The second-order valence-corrected chi connectivity index (χ2v) is 7.70. The quantitative estimate of drug-likeness (QED) is 0.860. The number of likely N-dealkylation sites (tertiary alicyclic amines) is 1. The van der Waals surface area contributed by atoms with Crippen molar-refractivity contribution in [3.05, 3.63) is 0 Å². The Hall–Kier alpha value is -1.30. The van der Waals surface area contributed by atoms with Crippen molar-refractivity contribution in [3.63, 3.8) is 0 Å². The summed E-state index contributed by atoms with van der Waals surface area (Å²) in [6.45, 7) is 12.4. The third-order valence-electron chi connectivity index (χ3n) is 3.96. The van der Waals surface area contributed by atoms with E-state index in [2.05, 4.69) is 0 Å². The van der Waals surface area contributed by atoms with Gasteiger partial charge in [0, 0.05) is 19.1 Å². The summed E-state index contributed by atoms with van der Waals surface area (Å²) in [6, 6.07) is -0.490. The lowest BCUT2D eigenvalue weighted by molar-refractivity contribution is -0.135. The molecule has 0 aromatic rings. The Kier molecular flexibility index (Phi) is 6.86. The van der Waals surface area contributed by atoms with Gasteiger partial charge >= 0.3 is 6.09 Å². The van der Waals surface area contributed by atoms with E-state index < -0.39 is 11.6 Å². The topological polar surface area (TPSA) is 75.9 Å². The van der Waals surface area contributed by atoms with Gasteiger partial charge in [-0.05, 0) is 60.8 Å². The van der Waals surface area contributed by atoms with Gasteiger partial charge < -0.3 is 20.3 Å². The zero-order chi connectivity index (χ0) is 17.8. The summed E-state index contributed by atoms with van der Waals surface area (Å²) in [6.07, 6.45) is 2.62. The molecule has 0 radical (unpaired) electrons. The van der Waals surface area contributed by atoms with Crippen LogP contribution in [-0.4, -0.2) is 58.6 Å². The molecule has 2 atom stereocenters. The van der Waals surface area contributed by atoms with Crippen LogP contribution in [0.1, 0.15) is 60.8 Å². The average Bonchev–Trinajstić information content (AvgIpc) is 2.42. The van der Waals surface area contributed by atoms with Gasteiger partial charge in [0.25, 0.3) is 0 Å². The predicted octanol–water partition coefficient (Wildman–Crippen LogP) is 2.36. The number of piperidine rings is 1. The predicted molar refractivity (Wildman–Crippen MR) is 91.1 cm³/mol. The standard InChI is InChI=1S/C17H33N3O3/c1-12(2)20(15(21)13(3)18)11-14-9-7-8-10-19(14)16(22)23-17(4,5)6/h12-14H,7-11,18H2,1-6H3/t13-,14-/m0/s1. The molecule has 1 heterocycles. The van der Waals surface area contributed by atoms with Crippen molar-refractivity contribution in [2.24, 2.45) is 5.73 Å². The summed E-state index contributed by atoms with van der Waals surface area (Å²) in [7, 11) is 0. The van der Waals surface area contributed by atoms with Crippen LogP contribution in [0.5, 0.6) is 0 Å². The van der Waals surface area contributed by atoms with Crippen LogP contribution in [0.15, 0.2) is 0 Å². The van der Waals surface area contributed by atoms with E-state index in [4.69, 9.17) is 10.5 Å². The minimum Gasteiger partial charge on any atom is -0.444 e. The van der Waals surface area contributed by atoms with E-state index in [1.807, 2.05) is 34.6 Å². The molecule has 1 aliphatic rings. The Balaban J connectivity index is 2.84. The molecule has 1 aliphatic heterocycles. The summed E-state index contributed by atoms with van der Waals surface area (Å²) in [5, 5.41) is 0. The molecule has 0 bridgehead atoms. The van der Waals surface area contributed by atoms with Crippen molar-refractivity contribution < 1.29 is 14.3 Å². The molecule has 2 N–H and O–H groups in total. The fourth-order valence-corrected chi connectivity index (χ4v) is 2.80. The normalized spacial score (nSPS) is 20.3. The van der Waals surface area contributed by atoms with Crippen molar-refractivity contribution >= 4 is 12.0 Å². The summed E-state index contributed by atoms with van der Waals surface area (Å²) in [5.41, 5.74) is 5.25. The Bertz CT molecular complexity index is 416. The Labute approximate surface area is 140 Å². The van der Waals surface area contributed by atoms with Crippen LogP contribution >= 0.6 is 0 Å². The first kappa shape index (κ1) is 19.7. The highest BCUT2D eigenvalue weighted by atomic mass is 16.6. The molecule has 6 heteroatoms. The molecule has 134 valence electrons. The maximum absolute atomic E-state index is 12.5. The van der Waals surface area contributed by atoms with Crippen LogP contribution in [0, 0.1) is 0 Å². The number of rotatable bonds is 4. The zero-order valence-electron chi connectivity index (χ0n) is 15.5. The molecule has 0 unspecified atom stereocenters. The lowest BCUT2D eigenvalue weighted by Gasteiger charge is -2.40. The van der Waals surface area contributed by atoms with Crippen molar-refractivity contribution in [2.45, 2.75) is 84.5 Å². The van der Waals surface area contributed by atoms with Crippen LogP contribution in [0.2, 0.25) is 0 Å². The molecular weight excluding hydrogens is 294 g/mol. The van der Waals surface area contributed by atoms with Gasteiger partial charge in [-0.25, -0.2) is 4.79 Å². The maximum Gasteiger partial charge on any atom is 0.410 e. The van der Waals surface area contributed by atoms with Crippen molar-refractivity contribution in [1.82, 2.24) is 9.80 Å². The first-order valence-electron chi connectivity index (χ1n) is 8.58. The Morgan fingerprint density at radius 1 is 1.26 bits per heavy atom. The number of carbonyl (C=O) groups is 2. The first-order chi connectivity index (χ1) is 10.5. The third kappa shape index (κ3) is 6.01. The number of hydrogen-bond donors (Lipinski definition) is 1. The molecule has 1 rings (SSSR count). The minimum absolute atomic E-state index is 0.0105. The molecule has 23 heavy (non-hydrogen) atoms. The lowest BCUT2D eigenvalue weighted by atomic mass is 10.0. The van der Waals surface area contributed by atoms with Crippen molar-refractivity contribution in [1.29, 1.82) is 0 Å². The van der Waals surface area contributed by atoms with Crippen molar-refractivity contribution in [2.75, 3.05) is 13.1 Å². The molecule has 1 fully saturated rings. The molecule has 0 aromatic carbocycles. The molecule has 0 aliphatic carbocycles. The third-order valence-corrected chi connectivity index (χ3v) is 3.96. The van der Waals surface area contributed by atoms with E-state index in [9.17, 15) is 9.59 Å². The highest BCUT2D eigenvalue weighted by molar-refractivity contribution is 5.81. The van der Waals surface area contributed by atoms with E-state index >= 15 is 0 Å². The van der Waals surface area contributed by atoms with Gasteiger partial charge in [-0.3, -0.25) is 4.79 Å². The SMILES string of the molecule is CC(C)N(C[C@@H]1CCCCN1C(=O)OC(C)(C)C)C(=O)[C@H](C)N. The van der Waals surface area contributed by atoms with Crippen LogP contribution in [-0.2, 0) is 9.53 Å². The van der Waals surface area contributed by atoms with Crippen LogP contribution in [0.25, 0.3) is 0 Å². The molecule has 2 amide bonds. The van der Waals surface area contributed by atoms with Gasteiger partial charge in [-0.15, -0.1) is 0 Å². The highest BCUT2D eigenvalue weighted by Crippen LogP contribution is 2.22. The molecule has 1 saturated heterocycles. The highest BCUT2D eigenvalue weighted by Gasteiger charge is 2.33. The van der Waals surface area contributed by atoms with Crippen LogP contribution in [0.3, 0.4) is 0 Å². The van der Waals surface area contributed by atoms with Crippen LogP contribution in [0.4, 0.5) is 4.79 Å². The summed E-state index contributed by atoms with van der Waals surface area (Å²) in [5.74, 6) is -0.0743. The lowest BCUT2D eigenvalue weighted by Crippen LogP contribution is -2.55. The minimum atomic E-state index is -0.532. The second-order valence-electron chi connectivity index (χ2n) is 7.70. The number of nitrogens with two attached hydrogens (primary N) is 1. The average molecular weight is 327 g/mol. The fraction of sp³-hybridized carbons (Fsp3) is 0.882. The molecule has 0 saturated carbocycles. The largest absolute Gasteiger partial charge is 0.444 e. The number of carbonyl (C=O) groups excluding carboxylic acids is 2. The first-order valence-corrected chi connectivity index (χ1v) is 8.58. The van der Waals surface area contributed by atoms with Crippen molar-refractivity contribution in [3.8, 4) is 0 Å². The fourth-order valence-electron chi connectivity index (χ4n) is 2.80. The molecule has 6 nitrogen and oxygen atoms in total. The maximum atomic E-state index is 12.5. The van der Waals surface area contributed by atoms with E-state index in [-0.39, 0.29) is 24.1 Å². The Morgan fingerprint density at radius 2 is 1.87 bits per heavy atom. The number of nitrogens with zero attached hydrogens (tertiary/aromatic N) is 2. The van der Waals surface area contributed by atoms with Gasteiger partial charge in [0.2, 0.25) is 5.91 Å². The van der Waals surface area contributed by atoms with E-state index in [0.717, 1.165) is 19.3 Å². The summed E-state index contributed by atoms with van der Waals surface area (Å²) < 4.78 is 5.52. The monoisotopic (exact) mass is 327 g/mol. The second kappa shape index (κ2) is 7.99. The van der Waals surface area contributed by atoms with Gasteiger partial charge in [0.1, 0.15) is 5.60 Å². The van der Waals surface area contributed by atoms with Gasteiger partial charge in [-0.1, -0.05) is 0 Å². The summed E-state index contributed by atoms with van der Waals surface area (Å²) in [4.78, 5) is 28.3. The number of amides is 2.